The molecule has 3 rings (SSSR count). The van der Waals surface area contributed by atoms with Crippen molar-refractivity contribution < 1.29 is 21.2 Å². The maximum Gasteiger partial charge on any atom is 2.00 e. The van der Waals surface area contributed by atoms with Crippen molar-refractivity contribution in [3.05, 3.63) is 101 Å². The molecule has 1 aliphatic rings. The molecule has 0 atom stereocenters. The van der Waals surface area contributed by atoms with Gasteiger partial charge in [0.2, 0.25) is 11.4 Å². The Balaban J connectivity index is 0.00000126. The Labute approximate surface area is 544 Å². The number of allylic oxidation sites excluding steroid dienone is 2. The summed E-state index contributed by atoms with van der Waals surface area (Å²) in [6.07, 6.45) is 80.2. The zero-order chi connectivity index (χ0) is 60.9. The molecule has 0 N–H and O–H groups in total. The monoisotopic (exact) mass is 1220 g/mol. The van der Waals surface area contributed by atoms with Crippen molar-refractivity contribution in [3.63, 3.8) is 0 Å². The molecule has 2 aromatic rings. The van der Waals surface area contributed by atoms with Gasteiger partial charge in [0.25, 0.3) is 0 Å². The van der Waals surface area contributed by atoms with Crippen LogP contribution in [0.3, 0.4) is 0 Å². The van der Waals surface area contributed by atoms with E-state index in [1.54, 1.807) is 0 Å². The Morgan fingerprint density at radius 2 is 0.471 bits per heavy atom. The maximum absolute atomic E-state index is 11.7. The van der Waals surface area contributed by atoms with Crippen molar-refractivity contribution in [2.75, 3.05) is 0 Å². The summed E-state index contributed by atoms with van der Waals surface area (Å²) in [4.78, 5) is 0. The molecule has 0 aromatic heterocycles. The van der Waals surface area contributed by atoms with Gasteiger partial charge in [0, 0.05) is 22.3 Å². The summed E-state index contributed by atoms with van der Waals surface area (Å²) in [6, 6.07) is 17.7. The molecule has 0 radical (unpaired) electrons. The molecule has 0 spiro atoms. The Morgan fingerprint density at radius 1 is 0.271 bits per heavy atom. The fourth-order valence-corrected chi connectivity index (χ4v) is 12.6. The molecule has 494 valence electrons. The van der Waals surface area contributed by atoms with Crippen LogP contribution in [0.2, 0.25) is 0 Å². The normalized spacial score (nSPS) is 12.2. The number of nitrogens with zero attached hydrogens (tertiary/aromatic N) is 2. The van der Waals surface area contributed by atoms with Crippen LogP contribution in [0, 0.1) is 13.8 Å². The number of hydrogen-bond acceptors (Lipinski definition) is 0. The van der Waals surface area contributed by atoms with Crippen molar-refractivity contribution in [1.82, 2.24) is 0 Å². The zero-order valence-electron chi connectivity index (χ0n) is 58.3. The van der Waals surface area contributed by atoms with Gasteiger partial charge in [-0.05, 0) is 86.8 Å². The molecule has 1 heterocycles. The van der Waals surface area contributed by atoms with Gasteiger partial charge in [0.05, 0.1) is 0 Å². The third-order valence-corrected chi connectivity index (χ3v) is 18.2. The Morgan fingerprint density at radius 3 is 0.682 bits per heavy atom. The van der Waals surface area contributed by atoms with Gasteiger partial charge in [0.1, 0.15) is 0 Å². The number of unbranched alkanes of at least 4 members (excludes halogenated alkanes) is 48. The third-order valence-electron chi connectivity index (χ3n) is 18.2. The smallest absolute Gasteiger partial charge is 0.493 e. The van der Waals surface area contributed by atoms with Crippen molar-refractivity contribution in [3.8, 4) is 0 Å². The molecule has 2 aromatic carbocycles. The molecule has 0 saturated carbocycles. The number of benzene rings is 2. The summed E-state index contributed by atoms with van der Waals surface area (Å²) in [6.45, 7) is 21.4. The molecule has 1 aliphatic heterocycles. The predicted molar refractivity (Wildman–Crippen MR) is 381 cm³/mol. The van der Waals surface area contributed by atoms with E-state index in [4.69, 9.17) is 0 Å². The summed E-state index contributed by atoms with van der Waals surface area (Å²) in [5, 5.41) is 0. The minimum Gasteiger partial charge on any atom is -0.493 e. The fourth-order valence-electron chi connectivity index (χ4n) is 12.6. The topological polar surface area (TPSA) is 25.3 Å². The second-order valence-electron chi connectivity index (χ2n) is 26.3. The molecular weight excluding hydrogens is 1070 g/mol. The Hall–Kier alpha value is -1.99. The van der Waals surface area contributed by atoms with Gasteiger partial charge >= 0.3 is 16.5 Å². The number of rotatable bonds is 58. The van der Waals surface area contributed by atoms with Crippen LogP contribution >= 0.6 is 0 Å². The van der Waals surface area contributed by atoms with Crippen LogP contribution in [0.4, 0.5) is 0 Å². The van der Waals surface area contributed by atoms with E-state index in [0.717, 1.165) is 86.7 Å². The minimum atomic E-state index is 0. The van der Waals surface area contributed by atoms with Crippen molar-refractivity contribution in [1.29, 1.82) is 0 Å². The Bertz CT molecular complexity index is 1620. The molecule has 0 aliphatic carbocycles. The van der Waals surface area contributed by atoms with Crippen molar-refractivity contribution >= 4 is 11.4 Å². The van der Waals surface area contributed by atoms with Crippen LogP contribution in [0.25, 0.3) is 16.9 Å². The van der Waals surface area contributed by atoms with Crippen LogP contribution in [0.15, 0.2) is 59.7 Å². The average Bonchev–Trinajstić information content (AvgIpc) is 2.03. The van der Waals surface area contributed by atoms with E-state index >= 15 is 0 Å². The molecule has 2 nitrogen and oxygen atoms in total. The first kappa shape index (κ1) is 83.0. The second-order valence-corrected chi connectivity index (χ2v) is 26.3. The van der Waals surface area contributed by atoms with E-state index in [1.807, 2.05) is 0 Å². The minimum absolute atomic E-state index is 0. The fraction of sp³-hybridized carbons (Fsp3) is 0.780. The predicted octanol–water partition coefficient (Wildman–Crippen LogP) is 29.5. The van der Waals surface area contributed by atoms with E-state index in [2.05, 4.69) is 104 Å². The van der Waals surface area contributed by atoms with Crippen LogP contribution < -0.4 is 0 Å². The van der Waals surface area contributed by atoms with Gasteiger partial charge in [-0.3, -0.25) is 0 Å². The first-order valence-electron chi connectivity index (χ1n) is 38.2. The Kier molecular flexibility index (Phi) is 63.5. The molecule has 0 amide bonds. The van der Waals surface area contributed by atoms with Crippen LogP contribution in [-0.4, -0.2) is 4.70 Å². The largest absolute Gasteiger partial charge is 2.00 e. The van der Waals surface area contributed by atoms with E-state index in [0.29, 0.717) is 0 Å². The van der Waals surface area contributed by atoms with Gasteiger partial charge in [-0.15, -0.1) is 0 Å². The van der Waals surface area contributed by atoms with E-state index < -0.39 is 0 Å². The summed E-state index contributed by atoms with van der Waals surface area (Å²) in [5.74, 6) is 0. The van der Waals surface area contributed by atoms with Crippen LogP contribution in [-0.2, 0) is 29.3 Å². The van der Waals surface area contributed by atoms with Gasteiger partial charge < -0.3 is 19.4 Å². The van der Waals surface area contributed by atoms with E-state index in [1.165, 1.54) is 335 Å². The van der Waals surface area contributed by atoms with Crippen molar-refractivity contribution in [2.24, 2.45) is 0 Å². The standard InChI is InChI=1S/C32H44N2.2C25H51.Ni/c1-5-9-15-25-17-13-19-27(23-25)31-29(21-11-7-3)30(22-12-8-4)32(34(31)33)28-20-14-18-26(24-28)16-10-6-2;2*1-3-5-7-9-11-13-15-17-19-21-23-25-24-22-20-18-16-14-12-10-8-6-4-2;/h13-14,17-20,23-24H,5-12,15-16,21-22H2,1-4H3;2*1,3-25H2,2H3;/q;2*-1;+2. The molecule has 0 unspecified atom stereocenters. The summed E-state index contributed by atoms with van der Waals surface area (Å²) >= 11 is 0. The van der Waals surface area contributed by atoms with Gasteiger partial charge in [0.15, 0.2) is 0 Å². The van der Waals surface area contributed by atoms with E-state index in [-0.39, 0.29) is 16.5 Å². The molecular formula is C82H146N2Ni. The van der Waals surface area contributed by atoms with Crippen LogP contribution in [0.1, 0.15) is 423 Å². The van der Waals surface area contributed by atoms with Crippen LogP contribution in [0.5, 0.6) is 0 Å². The molecule has 3 heteroatoms. The third kappa shape index (κ3) is 46.7. The summed E-state index contributed by atoms with van der Waals surface area (Å²) in [7, 11) is 0. The first-order chi connectivity index (χ1) is 41.5. The average molecular weight is 1220 g/mol. The molecule has 85 heavy (non-hydrogen) atoms. The first-order valence-corrected chi connectivity index (χ1v) is 38.2. The van der Waals surface area contributed by atoms with Gasteiger partial charge in [-0.1, -0.05) is 374 Å². The maximum atomic E-state index is 11.7. The molecule has 0 saturated heterocycles. The van der Waals surface area contributed by atoms with Gasteiger partial charge in [-0.2, -0.15) is 12.8 Å². The number of hydrogen-bond donors (Lipinski definition) is 0. The van der Waals surface area contributed by atoms with Gasteiger partial charge in [-0.25, -0.2) is 4.70 Å². The zero-order valence-corrected chi connectivity index (χ0v) is 59.2. The number of aryl methyl sites for hydroxylation is 2. The summed E-state index contributed by atoms with van der Waals surface area (Å²) in [5.41, 5.74) is 21.5. The van der Waals surface area contributed by atoms with E-state index in [9.17, 15) is 5.53 Å². The van der Waals surface area contributed by atoms with Crippen molar-refractivity contribution in [2.45, 2.75) is 414 Å². The quantitative estimate of drug-likeness (QED) is 0.0273. The SMILES string of the molecule is CCCCC1=C(c2cccc(CCCC)c2)[N+](=[N-])C(c2cccc(CCCC)c2)=C1CCCC.[CH2-]CCCCCCCCCCCCCCCCCCCCCCCC.[CH2-]CCCCCCCCCCCCCCCCCCCCCCCC.[Ni+2]. The molecule has 0 fully saturated rings. The summed E-state index contributed by atoms with van der Waals surface area (Å²) < 4.78 is 1.54. The molecule has 0 bridgehead atoms. The second kappa shape index (κ2) is 65.0.